The van der Waals surface area contributed by atoms with E-state index in [1.165, 1.54) is 24.4 Å². The predicted molar refractivity (Wildman–Crippen MR) is 139 cm³/mol. The summed E-state index contributed by atoms with van der Waals surface area (Å²) in [7, 11) is 0. The summed E-state index contributed by atoms with van der Waals surface area (Å²) in [5, 5.41) is 5.97. The summed E-state index contributed by atoms with van der Waals surface area (Å²) in [6.07, 6.45) is -5.43. The van der Waals surface area contributed by atoms with Crippen molar-refractivity contribution >= 4 is 27.7 Å². The molecule has 0 aliphatic heterocycles. The topological polar surface area (TPSA) is 103 Å². The molecule has 4 aromatic rings. The molecule has 2 heterocycles. The van der Waals surface area contributed by atoms with Gasteiger partial charge in [0.25, 0.3) is 18.8 Å². The molecule has 7 nitrogen and oxygen atoms in total. The van der Waals surface area contributed by atoms with Crippen LogP contribution in [0.3, 0.4) is 0 Å². The zero-order valence-electron chi connectivity index (χ0n) is 21.1. The molecule has 0 fully saturated rings. The summed E-state index contributed by atoms with van der Waals surface area (Å²) >= 11 is 2.68. The lowest BCUT2D eigenvalue weighted by molar-refractivity contribution is -0.122. The minimum atomic E-state index is -3.27. The zero-order valence-corrected chi connectivity index (χ0v) is 22.7. The van der Waals surface area contributed by atoms with Crippen LogP contribution in [0.5, 0.6) is 0 Å². The molecule has 0 radical (unpaired) electrons. The van der Waals surface area contributed by atoms with Gasteiger partial charge in [0.2, 0.25) is 5.91 Å². The molecule has 0 saturated heterocycles. The number of nitrogens with one attached hydrogen (secondary N) is 1. The molecule has 2 aromatic heterocycles. The lowest BCUT2D eigenvalue weighted by Crippen LogP contribution is -2.34. The second-order valence-electron chi connectivity index (χ2n) is 8.94. The Morgan fingerprint density at radius 1 is 0.952 bits per heavy atom. The SMILES string of the molecule is NC(=O)c1cc(-c2cccnc2C(Cc2cc(F)cc(F)c2)NC(=O)Cn2nc(C(F)F)c(Br)c2C(F)F)ccc1F. The molecule has 1 atom stereocenters. The first-order chi connectivity index (χ1) is 19.8. The number of carbonyl (C=O) groups excluding carboxylic acids is 2. The molecule has 15 heteroatoms. The number of carbonyl (C=O) groups is 2. The molecule has 42 heavy (non-hydrogen) atoms. The molecule has 0 bridgehead atoms. The quantitative estimate of drug-likeness (QED) is 0.198. The smallest absolute Gasteiger partial charge is 0.283 e. The van der Waals surface area contributed by atoms with E-state index in [2.05, 4.69) is 31.3 Å². The van der Waals surface area contributed by atoms with Crippen molar-refractivity contribution in [2.75, 3.05) is 0 Å². The highest BCUT2D eigenvalue weighted by atomic mass is 79.9. The fraction of sp³-hybridized carbons (Fsp3) is 0.185. The molecule has 220 valence electrons. The maximum atomic E-state index is 14.2. The van der Waals surface area contributed by atoms with Crippen LogP contribution in [0.25, 0.3) is 11.1 Å². The summed E-state index contributed by atoms with van der Waals surface area (Å²) in [6.45, 7) is -0.927. The first-order valence-electron chi connectivity index (χ1n) is 12.0. The number of nitrogens with zero attached hydrogens (tertiary/aromatic N) is 3. The van der Waals surface area contributed by atoms with E-state index < -0.39 is 76.1 Å². The molecular formula is C27H19BrF7N5O2. The summed E-state index contributed by atoms with van der Waals surface area (Å²) < 4.78 is 95.8. The highest BCUT2D eigenvalue weighted by Gasteiger charge is 2.29. The number of hydrogen-bond acceptors (Lipinski definition) is 4. The van der Waals surface area contributed by atoms with E-state index in [1.54, 1.807) is 0 Å². The first-order valence-corrected chi connectivity index (χ1v) is 12.8. The number of alkyl halides is 4. The van der Waals surface area contributed by atoms with E-state index in [4.69, 9.17) is 5.73 Å². The Labute approximate surface area is 241 Å². The van der Waals surface area contributed by atoms with E-state index in [0.717, 1.165) is 24.3 Å². The molecule has 3 N–H and O–H groups in total. The molecule has 2 amide bonds. The van der Waals surface area contributed by atoms with Crippen LogP contribution in [0.1, 0.15) is 51.9 Å². The monoisotopic (exact) mass is 657 g/mol. The standard InChI is InChI=1S/C27H19BrF7N5O2/c28-21-23(25(32)33)39-40(24(21)26(34)35)11-20(41)38-19(8-12-6-14(29)10-15(30)7-12)22-16(2-1-5-37-22)13-3-4-18(31)17(9-13)27(36)42/h1-7,9-10,19,25-26H,8,11H2,(H2,36,42)(H,38,41). The van der Waals surface area contributed by atoms with Crippen LogP contribution in [0.4, 0.5) is 30.7 Å². The normalized spacial score (nSPS) is 12.1. The summed E-state index contributed by atoms with van der Waals surface area (Å²) in [5.74, 6) is -4.75. The third-order valence-electron chi connectivity index (χ3n) is 6.07. The number of halogens is 8. The van der Waals surface area contributed by atoms with Crippen LogP contribution < -0.4 is 11.1 Å². The van der Waals surface area contributed by atoms with Gasteiger partial charge in [0.1, 0.15) is 35.4 Å². The summed E-state index contributed by atoms with van der Waals surface area (Å²) in [6, 6.07) is 7.91. The molecular weight excluding hydrogens is 639 g/mol. The Balaban J connectivity index is 1.76. The molecule has 0 aliphatic carbocycles. The van der Waals surface area contributed by atoms with E-state index in [-0.39, 0.29) is 28.8 Å². The van der Waals surface area contributed by atoms with Crippen molar-refractivity contribution in [3.05, 3.63) is 105 Å². The zero-order chi connectivity index (χ0) is 30.7. The lowest BCUT2D eigenvalue weighted by atomic mass is 9.94. The van der Waals surface area contributed by atoms with Gasteiger partial charge >= 0.3 is 0 Å². The van der Waals surface area contributed by atoms with Gasteiger partial charge in [0, 0.05) is 17.8 Å². The van der Waals surface area contributed by atoms with Crippen molar-refractivity contribution in [1.29, 1.82) is 0 Å². The fourth-order valence-corrected chi connectivity index (χ4v) is 4.95. The Bertz CT molecular complexity index is 1630. The average molecular weight is 658 g/mol. The minimum Gasteiger partial charge on any atom is -0.366 e. The van der Waals surface area contributed by atoms with Gasteiger partial charge in [-0.15, -0.1) is 0 Å². The van der Waals surface area contributed by atoms with Crippen molar-refractivity contribution < 1.29 is 40.3 Å². The first kappa shape index (κ1) is 30.7. The van der Waals surface area contributed by atoms with Crippen molar-refractivity contribution in [3.8, 4) is 11.1 Å². The molecule has 0 aliphatic rings. The Morgan fingerprint density at radius 3 is 2.26 bits per heavy atom. The van der Waals surface area contributed by atoms with Crippen molar-refractivity contribution in [2.45, 2.75) is 31.9 Å². The third kappa shape index (κ3) is 6.78. The predicted octanol–water partition coefficient (Wildman–Crippen LogP) is 6.20. The van der Waals surface area contributed by atoms with E-state index in [0.29, 0.717) is 10.7 Å². The Kier molecular flexibility index (Phi) is 9.29. The largest absolute Gasteiger partial charge is 0.366 e. The Hall–Kier alpha value is -4.27. The number of pyridine rings is 1. The van der Waals surface area contributed by atoms with Gasteiger partial charge in [-0.3, -0.25) is 19.3 Å². The fourth-order valence-electron chi connectivity index (χ4n) is 4.32. The van der Waals surface area contributed by atoms with E-state index >= 15 is 0 Å². The molecule has 2 aromatic carbocycles. The van der Waals surface area contributed by atoms with Gasteiger partial charge in [-0.05, 0) is 63.8 Å². The second-order valence-corrected chi connectivity index (χ2v) is 9.73. The number of aromatic nitrogens is 3. The number of primary amides is 1. The molecule has 0 spiro atoms. The summed E-state index contributed by atoms with van der Waals surface area (Å²) in [4.78, 5) is 29.1. The number of benzene rings is 2. The molecule has 4 rings (SSSR count). The highest BCUT2D eigenvalue weighted by Crippen LogP contribution is 2.35. The summed E-state index contributed by atoms with van der Waals surface area (Å²) in [5.41, 5.74) is 3.55. The number of amides is 2. The maximum Gasteiger partial charge on any atom is 0.283 e. The third-order valence-corrected chi connectivity index (χ3v) is 6.88. The number of rotatable bonds is 10. The number of nitrogens with two attached hydrogens (primary N) is 1. The van der Waals surface area contributed by atoms with Gasteiger partial charge in [0.05, 0.1) is 21.8 Å². The second kappa shape index (κ2) is 12.7. The van der Waals surface area contributed by atoms with Gasteiger partial charge in [-0.2, -0.15) is 5.10 Å². The number of hydrogen-bond donors (Lipinski definition) is 2. The van der Waals surface area contributed by atoms with Gasteiger partial charge in [-0.25, -0.2) is 30.7 Å². The van der Waals surface area contributed by atoms with Crippen LogP contribution >= 0.6 is 15.9 Å². The van der Waals surface area contributed by atoms with Gasteiger partial charge in [-0.1, -0.05) is 12.1 Å². The van der Waals surface area contributed by atoms with Gasteiger partial charge in [0.15, 0.2) is 0 Å². The minimum absolute atomic E-state index is 0.0708. The molecule has 0 saturated carbocycles. The highest BCUT2D eigenvalue weighted by molar-refractivity contribution is 9.10. The van der Waals surface area contributed by atoms with Crippen molar-refractivity contribution in [3.63, 3.8) is 0 Å². The van der Waals surface area contributed by atoms with E-state index in [9.17, 15) is 40.3 Å². The van der Waals surface area contributed by atoms with Gasteiger partial charge < -0.3 is 11.1 Å². The van der Waals surface area contributed by atoms with E-state index in [1.807, 2.05) is 0 Å². The Morgan fingerprint density at radius 2 is 1.64 bits per heavy atom. The van der Waals surface area contributed by atoms with Crippen LogP contribution in [0, 0.1) is 17.5 Å². The van der Waals surface area contributed by atoms with Crippen LogP contribution in [0.2, 0.25) is 0 Å². The molecule has 1 unspecified atom stereocenters. The van der Waals surface area contributed by atoms with Crippen LogP contribution in [0.15, 0.2) is 59.2 Å². The van der Waals surface area contributed by atoms with Crippen LogP contribution in [-0.4, -0.2) is 26.6 Å². The average Bonchev–Trinajstić information content (AvgIpc) is 3.23. The maximum absolute atomic E-state index is 14.2. The van der Waals surface area contributed by atoms with Crippen molar-refractivity contribution in [1.82, 2.24) is 20.1 Å². The van der Waals surface area contributed by atoms with Crippen LogP contribution in [-0.2, 0) is 17.8 Å². The lowest BCUT2D eigenvalue weighted by Gasteiger charge is -2.22. The van der Waals surface area contributed by atoms with Crippen molar-refractivity contribution in [2.24, 2.45) is 5.73 Å².